The highest BCUT2D eigenvalue weighted by Crippen LogP contribution is 2.24. The molecule has 3 N–H and O–H groups in total. The van der Waals surface area contributed by atoms with Crippen molar-refractivity contribution in [2.75, 3.05) is 11.9 Å². The van der Waals surface area contributed by atoms with Crippen LogP contribution in [0.1, 0.15) is 25.3 Å². The van der Waals surface area contributed by atoms with E-state index >= 15 is 0 Å². The molecule has 1 aromatic carbocycles. The smallest absolute Gasteiger partial charge is 0.319 e. The molecule has 0 heterocycles. The van der Waals surface area contributed by atoms with Crippen molar-refractivity contribution in [1.29, 1.82) is 0 Å². The third-order valence-electron chi connectivity index (χ3n) is 2.67. The van der Waals surface area contributed by atoms with Crippen molar-refractivity contribution >= 4 is 23.3 Å². The van der Waals surface area contributed by atoms with Crippen molar-refractivity contribution in [1.82, 2.24) is 5.32 Å². The minimum absolute atomic E-state index is 0.314. The molecule has 18 heavy (non-hydrogen) atoms. The number of urea groups is 1. The van der Waals surface area contributed by atoms with Gasteiger partial charge < -0.3 is 15.7 Å². The van der Waals surface area contributed by atoms with E-state index in [2.05, 4.69) is 10.6 Å². The van der Waals surface area contributed by atoms with Crippen molar-refractivity contribution in [2.24, 2.45) is 0 Å². The highest BCUT2D eigenvalue weighted by atomic mass is 35.5. The Morgan fingerprint density at radius 2 is 2.22 bits per heavy atom. The maximum Gasteiger partial charge on any atom is 0.319 e. The Hall–Kier alpha value is -1.26. The number of carbonyl (C=O) groups excluding carboxylic acids is 1. The summed E-state index contributed by atoms with van der Waals surface area (Å²) in [6.45, 7) is 4.21. The number of nitrogens with one attached hydrogen (secondary N) is 2. The molecule has 5 heteroatoms. The van der Waals surface area contributed by atoms with Gasteiger partial charge in [-0.25, -0.2) is 4.79 Å². The van der Waals surface area contributed by atoms with E-state index in [9.17, 15) is 9.90 Å². The normalized spacial score (nSPS) is 12.0. The molecule has 0 saturated heterocycles. The first kappa shape index (κ1) is 14.8. The summed E-state index contributed by atoms with van der Waals surface area (Å²) in [7, 11) is 0. The van der Waals surface area contributed by atoms with Crippen molar-refractivity contribution in [3.8, 4) is 0 Å². The van der Waals surface area contributed by atoms with E-state index in [0.717, 1.165) is 5.56 Å². The van der Waals surface area contributed by atoms with Gasteiger partial charge in [0.1, 0.15) is 0 Å². The Bertz CT molecular complexity index is 410. The van der Waals surface area contributed by atoms with E-state index in [1.165, 1.54) is 0 Å². The lowest BCUT2D eigenvalue weighted by Crippen LogP contribution is -2.31. The Morgan fingerprint density at radius 1 is 1.50 bits per heavy atom. The fraction of sp³-hybridized carbons (Fsp3) is 0.462. The first-order valence-corrected chi connectivity index (χ1v) is 6.40. The highest BCUT2D eigenvalue weighted by molar-refractivity contribution is 6.34. The topological polar surface area (TPSA) is 61.4 Å². The van der Waals surface area contributed by atoms with Gasteiger partial charge in [0.15, 0.2) is 0 Å². The average molecular weight is 271 g/mol. The van der Waals surface area contributed by atoms with E-state index in [4.69, 9.17) is 11.6 Å². The number of hydrogen-bond donors (Lipinski definition) is 3. The second-order valence-corrected chi connectivity index (χ2v) is 4.55. The fourth-order valence-corrected chi connectivity index (χ4v) is 1.64. The summed E-state index contributed by atoms with van der Waals surface area (Å²) in [5.41, 5.74) is 1.50. The van der Waals surface area contributed by atoms with Gasteiger partial charge in [-0.15, -0.1) is 0 Å². The van der Waals surface area contributed by atoms with E-state index in [1.807, 2.05) is 26.0 Å². The molecule has 4 nitrogen and oxygen atoms in total. The minimum atomic E-state index is -0.368. The molecular weight excluding hydrogens is 252 g/mol. The van der Waals surface area contributed by atoms with Gasteiger partial charge in [0.05, 0.1) is 16.8 Å². The molecule has 1 aromatic rings. The number of carbonyl (C=O) groups is 1. The van der Waals surface area contributed by atoms with Crippen LogP contribution in [0.4, 0.5) is 10.5 Å². The Labute approximate surface area is 112 Å². The van der Waals surface area contributed by atoms with Crippen LogP contribution in [0.25, 0.3) is 0 Å². The van der Waals surface area contributed by atoms with Crippen molar-refractivity contribution in [3.05, 3.63) is 28.8 Å². The zero-order chi connectivity index (χ0) is 13.5. The lowest BCUT2D eigenvalue weighted by Gasteiger charge is -2.11. The number of aryl methyl sites for hydroxylation is 1. The van der Waals surface area contributed by atoms with Crippen LogP contribution in [0.15, 0.2) is 18.2 Å². The number of benzene rings is 1. The molecule has 0 saturated carbocycles. The summed E-state index contributed by atoms with van der Waals surface area (Å²) in [6.07, 6.45) is 0.867. The van der Waals surface area contributed by atoms with Gasteiger partial charge in [0.2, 0.25) is 0 Å². The van der Waals surface area contributed by atoms with E-state index in [0.29, 0.717) is 30.1 Å². The fourth-order valence-electron chi connectivity index (χ4n) is 1.47. The molecule has 2 amide bonds. The maximum atomic E-state index is 11.6. The predicted octanol–water partition coefficient (Wildman–Crippen LogP) is 2.93. The lowest BCUT2D eigenvalue weighted by atomic mass is 10.2. The van der Waals surface area contributed by atoms with E-state index in [-0.39, 0.29) is 12.1 Å². The van der Waals surface area contributed by atoms with Crippen LogP contribution in [-0.2, 0) is 0 Å². The third-order valence-corrected chi connectivity index (χ3v) is 3.18. The number of amides is 2. The van der Waals surface area contributed by atoms with Gasteiger partial charge in [-0.05, 0) is 31.4 Å². The largest absolute Gasteiger partial charge is 0.393 e. The van der Waals surface area contributed by atoms with Crippen LogP contribution in [0.3, 0.4) is 0 Å². The van der Waals surface area contributed by atoms with Crippen molar-refractivity contribution in [3.63, 3.8) is 0 Å². The average Bonchev–Trinajstić information content (AvgIpc) is 2.34. The van der Waals surface area contributed by atoms with Gasteiger partial charge in [0.25, 0.3) is 0 Å². The number of aliphatic hydroxyl groups is 1. The summed E-state index contributed by atoms with van der Waals surface area (Å²) < 4.78 is 0. The molecule has 0 radical (unpaired) electrons. The van der Waals surface area contributed by atoms with Gasteiger partial charge in [-0.1, -0.05) is 30.7 Å². The van der Waals surface area contributed by atoms with Crippen LogP contribution in [0, 0.1) is 6.92 Å². The minimum Gasteiger partial charge on any atom is -0.393 e. The summed E-state index contributed by atoms with van der Waals surface area (Å²) in [4.78, 5) is 11.6. The molecule has 1 atom stereocenters. The van der Waals surface area contributed by atoms with Crippen LogP contribution >= 0.6 is 11.6 Å². The molecule has 0 fully saturated rings. The van der Waals surface area contributed by atoms with Gasteiger partial charge in [0, 0.05) is 6.54 Å². The van der Waals surface area contributed by atoms with Gasteiger partial charge in [-0.3, -0.25) is 0 Å². The van der Waals surface area contributed by atoms with Crippen molar-refractivity contribution < 1.29 is 9.90 Å². The number of rotatable bonds is 5. The molecule has 0 spiro atoms. The Kier molecular flexibility index (Phi) is 5.95. The molecule has 0 aromatic heterocycles. The van der Waals surface area contributed by atoms with Crippen LogP contribution in [0.5, 0.6) is 0 Å². The number of anilines is 1. The van der Waals surface area contributed by atoms with Gasteiger partial charge in [-0.2, -0.15) is 0 Å². The van der Waals surface area contributed by atoms with Crippen LogP contribution < -0.4 is 10.6 Å². The zero-order valence-corrected chi connectivity index (χ0v) is 11.4. The first-order chi connectivity index (χ1) is 8.54. The first-order valence-electron chi connectivity index (χ1n) is 6.02. The molecule has 0 aliphatic rings. The van der Waals surface area contributed by atoms with E-state index < -0.39 is 0 Å². The number of halogens is 1. The summed E-state index contributed by atoms with van der Waals surface area (Å²) in [5.74, 6) is 0. The van der Waals surface area contributed by atoms with Gasteiger partial charge >= 0.3 is 6.03 Å². The third kappa shape index (κ3) is 4.55. The second-order valence-electron chi connectivity index (χ2n) is 4.17. The highest BCUT2D eigenvalue weighted by Gasteiger charge is 2.07. The standard InChI is InChI=1S/C13H19ClN2O2/c1-3-10(17)7-8-15-13(18)16-11-6-4-5-9(2)12(11)14/h4-6,10,17H,3,7-8H2,1-2H3,(H2,15,16,18). The lowest BCUT2D eigenvalue weighted by molar-refractivity contribution is 0.160. The van der Waals surface area contributed by atoms with Crippen LogP contribution in [0.2, 0.25) is 5.02 Å². The summed E-state index contributed by atoms with van der Waals surface area (Å²) in [6, 6.07) is 5.14. The maximum absolute atomic E-state index is 11.6. The SMILES string of the molecule is CCC(O)CCNC(=O)Nc1cccc(C)c1Cl. The predicted molar refractivity (Wildman–Crippen MR) is 74.1 cm³/mol. The molecule has 0 aliphatic heterocycles. The second kappa shape index (κ2) is 7.24. The monoisotopic (exact) mass is 270 g/mol. The molecule has 100 valence electrons. The molecule has 0 bridgehead atoms. The Morgan fingerprint density at radius 3 is 2.89 bits per heavy atom. The van der Waals surface area contributed by atoms with E-state index in [1.54, 1.807) is 6.07 Å². The molecular formula is C13H19ClN2O2. The molecule has 0 aliphatic carbocycles. The quantitative estimate of drug-likeness (QED) is 0.770. The Balaban J connectivity index is 2.43. The molecule has 1 unspecified atom stereocenters. The zero-order valence-electron chi connectivity index (χ0n) is 10.7. The summed E-state index contributed by atoms with van der Waals surface area (Å²) >= 11 is 6.06. The molecule has 1 rings (SSSR count). The number of hydrogen-bond acceptors (Lipinski definition) is 2. The number of aliphatic hydroxyl groups excluding tert-OH is 1. The van der Waals surface area contributed by atoms with Crippen LogP contribution in [-0.4, -0.2) is 23.8 Å². The summed E-state index contributed by atoms with van der Waals surface area (Å²) in [5, 5.41) is 15.2. The van der Waals surface area contributed by atoms with Crippen molar-refractivity contribution in [2.45, 2.75) is 32.8 Å².